The highest BCUT2D eigenvalue weighted by atomic mass is 16.5. The fraction of sp³-hybridized carbons (Fsp3) is 0.647. The normalized spacial score (nSPS) is 26.5. The average Bonchev–Trinajstić information content (AvgIpc) is 3.49. The first-order valence-corrected chi connectivity index (χ1v) is 16.0. The quantitative estimate of drug-likeness (QED) is 0.279. The molecule has 0 N–H and O–H groups in total. The highest BCUT2D eigenvalue weighted by Crippen LogP contribution is 2.58. The second-order valence-corrected chi connectivity index (χ2v) is 14.6. The molecule has 1 aliphatic heterocycles. The van der Waals surface area contributed by atoms with Crippen molar-refractivity contribution in [2.75, 3.05) is 24.7 Å². The number of nitrogens with zero attached hydrogens (tertiary/aromatic N) is 4. The number of hydrogen-bond acceptors (Lipinski definition) is 7. The Morgan fingerprint density at radius 2 is 1.69 bits per heavy atom. The minimum atomic E-state index is -0.128. The molecule has 8 heteroatoms. The first-order valence-electron chi connectivity index (χ1n) is 16.0. The largest absolute Gasteiger partial charge is 0.381 e. The smallest absolute Gasteiger partial charge is 0.232 e. The molecule has 3 heterocycles. The van der Waals surface area contributed by atoms with Gasteiger partial charge in [0.2, 0.25) is 11.8 Å². The number of amides is 1. The Hall–Kier alpha value is -3.00. The van der Waals surface area contributed by atoms with Crippen molar-refractivity contribution < 1.29 is 18.6 Å². The molecule has 0 spiro atoms. The van der Waals surface area contributed by atoms with Crippen LogP contribution in [-0.2, 0) is 20.4 Å². The van der Waals surface area contributed by atoms with Crippen molar-refractivity contribution in [3.8, 4) is 11.3 Å². The highest BCUT2D eigenvalue weighted by Gasteiger charge is 2.53. The van der Waals surface area contributed by atoms with Gasteiger partial charge in [-0.15, -0.1) is 0 Å². The van der Waals surface area contributed by atoms with E-state index in [2.05, 4.69) is 66.3 Å². The van der Waals surface area contributed by atoms with Crippen LogP contribution < -0.4 is 4.90 Å². The molecule has 1 amide bonds. The van der Waals surface area contributed by atoms with Crippen LogP contribution >= 0.6 is 0 Å². The van der Waals surface area contributed by atoms with Gasteiger partial charge >= 0.3 is 0 Å². The van der Waals surface area contributed by atoms with Gasteiger partial charge in [0.1, 0.15) is 11.5 Å². The number of ether oxygens (including phenoxy) is 1. The lowest BCUT2D eigenvalue weighted by Gasteiger charge is -2.53. The van der Waals surface area contributed by atoms with E-state index in [4.69, 9.17) is 18.8 Å². The number of hydrogen-bond donors (Lipinski definition) is 0. The predicted octanol–water partition coefficient (Wildman–Crippen LogP) is 7.34. The molecular formula is C34H44N4O4. The van der Waals surface area contributed by atoms with Crippen molar-refractivity contribution in [2.45, 2.75) is 108 Å². The summed E-state index contributed by atoms with van der Waals surface area (Å²) in [6.45, 7) is 8.63. The van der Waals surface area contributed by atoms with E-state index >= 15 is 0 Å². The maximum absolute atomic E-state index is 14.1. The van der Waals surface area contributed by atoms with Crippen LogP contribution in [0.5, 0.6) is 0 Å². The Kier molecular flexibility index (Phi) is 7.03. The number of anilines is 1. The fourth-order valence-electron chi connectivity index (χ4n) is 7.35. The van der Waals surface area contributed by atoms with Crippen LogP contribution in [0.25, 0.3) is 11.3 Å². The molecule has 8 rings (SSSR count). The lowest BCUT2D eigenvalue weighted by molar-refractivity contribution is -0.121. The molecule has 5 aliphatic rings. The SMILES string of the molecule is CC(C)(C)c1noc(C23CCC(CN(C(=O)CC4CCOCC4)c4cccc(-c5cc(C6CC6)on5)c4)(CC2)CC3)n1. The molecule has 2 bridgehead atoms. The van der Waals surface area contributed by atoms with E-state index in [0.29, 0.717) is 18.3 Å². The summed E-state index contributed by atoms with van der Waals surface area (Å²) in [5.41, 5.74) is 2.76. The van der Waals surface area contributed by atoms with Crippen molar-refractivity contribution in [3.05, 3.63) is 47.8 Å². The summed E-state index contributed by atoms with van der Waals surface area (Å²) in [5.74, 6) is 3.70. The van der Waals surface area contributed by atoms with Gasteiger partial charge < -0.3 is 18.7 Å². The van der Waals surface area contributed by atoms with Gasteiger partial charge in [0.15, 0.2) is 5.82 Å². The van der Waals surface area contributed by atoms with Gasteiger partial charge in [0, 0.05) is 60.2 Å². The van der Waals surface area contributed by atoms with E-state index < -0.39 is 0 Å². The summed E-state index contributed by atoms with van der Waals surface area (Å²) in [4.78, 5) is 21.1. The van der Waals surface area contributed by atoms with Crippen LogP contribution in [-0.4, -0.2) is 41.0 Å². The zero-order valence-corrected chi connectivity index (χ0v) is 25.4. The van der Waals surface area contributed by atoms with E-state index in [0.717, 1.165) is 106 Å². The van der Waals surface area contributed by atoms with Crippen molar-refractivity contribution >= 4 is 11.6 Å². The summed E-state index contributed by atoms with van der Waals surface area (Å²) in [7, 11) is 0. The van der Waals surface area contributed by atoms with Crippen LogP contribution in [0, 0.1) is 11.3 Å². The summed E-state index contributed by atoms with van der Waals surface area (Å²) in [5, 5.41) is 8.72. The fourth-order valence-corrected chi connectivity index (χ4v) is 7.35. The maximum atomic E-state index is 14.1. The highest BCUT2D eigenvalue weighted by molar-refractivity contribution is 5.94. The molecule has 42 heavy (non-hydrogen) atoms. The Labute approximate surface area is 248 Å². The molecule has 0 radical (unpaired) electrons. The van der Waals surface area contributed by atoms with Crippen LogP contribution in [0.15, 0.2) is 39.4 Å². The van der Waals surface area contributed by atoms with Crippen molar-refractivity contribution in [3.63, 3.8) is 0 Å². The minimum Gasteiger partial charge on any atom is -0.381 e. The minimum absolute atomic E-state index is 0.0265. The third kappa shape index (κ3) is 5.43. The Balaban J connectivity index is 1.13. The first-order chi connectivity index (χ1) is 20.2. The lowest BCUT2D eigenvalue weighted by atomic mass is 9.53. The molecular weight excluding hydrogens is 528 g/mol. The average molecular weight is 573 g/mol. The molecule has 8 nitrogen and oxygen atoms in total. The van der Waals surface area contributed by atoms with Crippen molar-refractivity contribution in [1.29, 1.82) is 0 Å². The number of aromatic nitrogens is 3. The number of rotatable bonds is 8. The van der Waals surface area contributed by atoms with Gasteiger partial charge in [-0.1, -0.05) is 43.2 Å². The molecule has 4 aliphatic carbocycles. The third-order valence-corrected chi connectivity index (χ3v) is 10.5. The monoisotopic (exact) mass is 572 g/mol. The number of benzene rings is 1. The topological polar surface area (TPSA) is 94.5 Å². The van der Waals surface area contributed by atoms with E-state index in [9.17, 15) is 4.79 Å². The summed E-state index contributed by atoms with van der Waals surface area (Å²) >= 11 is 0. The Morgan fingerprint density at radius 3 is 2.36 bits per heavy atom. The summed E-state index contributed by atoms with van der Waals surface area (Å²) in [6.07, 6.45) is 11.1. The van der Waals surface area contributed by atoms with Crippen LogP contribution in [0.4, 0.5) is 5.69 Å². The summed E-state index contributed by atoms with van der Waals surface area (Å²) in [6, 6.07) is 10.4. The van der Waals surface area contributed by atoms with E-state index in [1.165, 1.54) is 12.8 Å². The predicted molar refractivity (Wildman–Crippen MR) is 159 cm³/mol. The standard InChI is InChI=1S/C34H44N4O4/c1-32(2,3)30-35-31(42-37-30)34-14-11-33(12-15-34,13-16-34)22-38(29(39)19-23-9-17-40-18-10-23)26-6-4-5-25(20-26)27-21-28(41-36-27)24-7-8-24/h4-6,20-21,23-24H,7-19,22H2,1-3H3. The van der Waals surface area contributed by atoms with Gasteiger partial charge in [0.05, 0.1) is 0 Å². The molecule has 224 valence electrons. The first kappa shape index (κ1) is 27.8. The zero-order valence-electron chi connectivity index (χ0n) is 25.4. The Morgan fingerprint density at radius 1 is 0.952 bits per heavy atom. The number of carbonyl (C=O) groups is 1. The molecule has 1 aromatic carbocycles. The maximum Gasteiger partial charge on any atom is 0.232 e. The molecule has 2 aromatic heterocycles. The second kappa shape index (κ2) is 10.6. The lowest BCUT2D eigenvalue weighted by Crippen LogP contribution is -2.51. The van der Waals surface area contributed by atoms with Crippen LogP contribution in [0.1, 0.15) is 115 Å². The Bertz CT molecular complexity index is 1400. The van der Waals surface area contributed by atoms with Crippen LogP contribution in [0.3, 0.4) is 0 Å². The molecule has 4 saturated carbocycles. The van der Waals surface area contributed by atoms with Gasteiger partial charge in [-0.05, 0) is 87.7 Å². The third-order valence-electron chi connectivity index (χ3n) is 10.5. The molecule has 3 aromatic rings. The number of carbonyl (C=O) groups excluding carboxylic acids is 1. The molecule has 0 unspecified atom stereocenters. The number of fused-ring (bicyclic) bond motifs is 3. The summed E-state index contributed by atoms with van der Waals surface area (Å²) < 4.78 is 17.1. The van der Waals surface area contributed by atoms with Gasteiger partial charge in [0.25, 0.3) is 0 Å². The van der Waals surface area contributed by atoms with Gasteiger partial charge in [-0.2, -0.15) is 4.98 Å². The zero-order chi connectivity index (χ0) is 29.0. The molecule has 0 atom stereocenters. The van der Waals surface area contributed by atoms with Crippen LogP contribution in [0.2, 0.25) is 0 Å². The van der Waals surface area contributed by atoms with Gasteiger partial charge in [-0.25, -0.2) is 0 Å². The van der Waals surface area contributed by atoms with Crippen molar-refractivity contribution in [2.24, 2.45) is 11.3 Å². The van der Waals surface area contributed by atoms with Crippen molar-refractivity contribution in [1.82, 2.24) is 15.3 Å². The molecule has 5 fully saturated rings. The van der Waals surface area contributed by atoms with E-state index in [1.807, 2.05) is 0 Å². The van der Waals surface area contributed by atoms with E-state index in [1.54, 1.807) is 0 Å². The van der Waals surface area contributed by atoms with Gasteiger partial charge in [-0.3, -0.25) is 4.79 Å². The molecule has 1 saturated heterocycles. The second-order valence-electron chi connectivity index (χ2n) is 14.6. The van der Waals surface area contributed by atoms with E-state index in [-0.39, 0.29) is 22.2 Å².